The van der Waals surface area contributed by atoms with Crippen LogP contribution in [0.5, 0.6) is 0 Å². The van der Waals surface area contributed by atoms with Crippen molar-refractivity contribution in [3.05, 3.63) is 11.3 Å². The van der Waals surface area contributed by atoms with Gasteiger partial charge in [0.15, 0.2) is 0 Å². The first-order chi connectivity index (χ1) is 9.47. The molecular weight excluding hydrogens is 258 g/mol. The van der Waals surface area contributed by atoms with E-state index in [4.69, 9.17) is 9.47 Å². The third-order valence-electron chi connectivity index (χ3n) is 3.43. The van der Waals surface area contributed by atoms with Crippen LogP contribution in [0.1, 0.15) is 41.0 Å². The zero-order chi connectivity index (χ0) is 15.3. The van der Waals surface area contributed by atoms with Crippen molar-refractivity contribution >= 4 is 17.7 Å². The standard InChI is InChI=1S/C15H23NO4/c1-6-11-12(14(17)19-7-2)9(4)16-10(5)13(11)15(18)20-8-3/h11-12H,6-8H2,1-5H3. The van der Waals surface area contributed by atoms with Crippen LogP contribution < -0.4 is 0 Å². The zero-order valence-electron chi connectivity index (χ0n) is 12.9. The quantitative estimate of drug-likeness (QED) is 0.726. The highest BCUT2D eigenvalue weighted by molar-refractivity contribution is 6.05. The molecular formula is C15H23NO4. The van der Waals surface area contributed by atoms with E-state index in [1.54, 1.807) is 27.7 Å². The topological polar surface area (TPSA) is 65.0 Å². The second-order valence-electron chi connectivity index (χ2n) is 4.72. The van der Waals surface area contributed by atoms with Crippen LogP contribution >= 0.6 is 0 Å². The minimum absolute atomic E-state index is 0.231. The summed E-state index contributed by atoms with van der Waals surface area (Å²) in [7, 11) is 0. The van der Waals surface area contributed by atoms with E-state index in [0.717, 1.165) is 0 Å². The molecule has 1 aliphatic rings. The summed E-state index contributed by atoms with van der Waals surface area (Å²) < 4.78 is 10.2. The minimum atomic E-state index is -0.497. The summed E-state index contributed by atoms with van der Waals surface area (Å²) in [5.41, 5.74) is 1.83. The summed E-state index contributed by atoms with van der Waals surface area (Å²) in [6.45, 7) is 9.67. The molecule has 0 aliphatic carbocycles. The molecule has 2 unspecified atom stereocenters. The third kappa shape index (κ3) is 3.26. The summed E-state index contributed by atoms with van der Waals surface area (Å²) in [4.78, 5) is 28.6. The minimum Gasteiger partial charge on any atom is -0.465 e. The van der Waals surface area contributed by atoms with Gasteiger partial charge in [-0.15, -0.1) is 0 Å². The monoisotopic (exact) mass is 281 g/mol. The average molecular weight is 281 g/mol. The Kier molecular flexibility index (Phi) is 5.92. The Bertz CT molecular complexity index is 451. The molecule has 2 atom stereocenters. The number of hydrogen-bond acceptors (Lipinski definition) is 5. The number of aliphatic imine (C=N–C) groups is 1. The van der Waals surface area contributed by atoms with Gasteiger partial charge in [0, 0.05) is 17.3 Å². The number of hydrogen-bond donors (Lipinski definition) is 0. The molecule has 1 rings (SSSR count). The van der Waals surface area contributed by atoms with Gasteiger partial charge >= 0.3 is 11.9 Å². The van der Waals surface area contributed by atoms with E-state index < -0.39 is 5.92 Å². The van der Waals surface area contributed by atoms with Gasteiger partial charge in [-0.1, -0.05) is 6.92 Å². The molecule has 0 N–H and O–H groups in total. The first-order valence-corrected chi connectivity index (χ1v) is 7.07. The predicted molar refractivity (Wildman–Crippen MR) is 76.3 cm³/mol. The van der Waals surface area contributed by atoms with E-state index >= 15 is 0 Å². The SMILES string of the molecule is CCOC(=O)C1=C(C)N=C(C)C(C(=O)OCC)C1CC. The molecule has 0 spiro atoms. The highest BCUT2D eigenvalue weighted by Gasteiger charge is 2.40. The van der Waals surface area contributed by atoms with Gasteiger partial charge in [0.25, 0.3) is 0 Å². The molecule has 0 fully saturated rings. The number of ether oxygens (including phenoxy) is 2. The van der Waals surface area contributed by atoms with Gasteiger partial charge < -0.3 is 9.47 Å². The fraction of sp³-hybridized carbons (Fsp3) is 0.667. The Balaban J connectivity index is 3.18. The molecule has 1 heterocycles. The lowest BCUT2D eigenvalue weighted by atomic mass is 9.78. The summed E-state index contributed by atoms with van der Waals surface area (Å²) in [5, 5.41) is 0. The summed E-state index contributed by atoms with van der Waals surface area (Å²) in [6, 6.07) is 0. The Morgan fingerprint density at radius 1 is 1.10 bits per heavy atom. The number of carbonyl (C=O) groups is 2. The van der Waals surface area contributed by atoms with Crippen molar-refractivity contribution in [2.24, 2.45) is 16.8 Å². The lowest BCUT2D eigenvalue weighted by Gasteiger charge is -2.30. The average Bonchev–Trinajstić information content (AvgIpc) is 2.37. The van der Waals surface area contributed by atoms with Crippen molar-refractivity contribution < 1.29 is 19.1 Å². The second-order valence-corrected chi connectivity index (χ2v) is 4.72. The molecule has 20 heavy (non-hydrogen) atoms. The number of nitrogens with zero attached hydrogens (tertiary/aromatic N) is 1. The summed E-state index contributed by atoms with van der Waals surface area (Å²) >= 11 is 0. The molecule has 0 bridgehead atoms. The highest BCUT2D eigenvalue weighted by atomic mass is 16.5. The van der Waals surface area contributed by atoms with Crippen molar-refractivity contribution in [1.29, 1.82) is 0 Å². The van der Waals surface area contributed by atoms with Gasteiger partial charge in [0.2, 0.25) is 0 Å². The van der Waals surface area contributed by atoms with E-state index in [1.807, 2.05) is 6.92 Å². The number of carbonyl (C=O) groups excluding carboxylic acids is 2. The lowest BCUT2D eigenvalue weighted by molar-refractivity contribution is -0.147. The van der Waals surface area contributed by atoms with Gasteiger partial charge in [0.1, 0.15) is 5.92 Å². The third-order valence-corrected chi connectivity index (χ3v) is 3.43. The van der Waals surface area contributed by atoms with Crippen molar-refractivity contribution in [2.45, 2.75) is 41.0 Å². The molecule has 0 aromatic rings. The van der Waals surface area contributed by atoms with Gasteiger partial charge in [-0.25, -0.2) is 4.79 Å². The van der Waals surface area contributed by atoms with E-state index in [0.29, 0.717) is 36.6 Å². The van der Waals surface area contributed by atoms with E-state index in [1.165, 1.54) is 0 Å². The molecule has 5 heteroatoms. The summed E-state index contributed by atoms with van der Waals surface area (Å²) in [6.07, 6.45) is 0.655. The maximum Gasteiger partial charge on any atom is 0.336 e. The van der Waals surface area contributed by atoms with E-state index in [9.17, 15) is 9.59 Å². The molecule has 1 aliphatic heterocycles. The van der Waals surface area contributed by atoms with Crippen LogP contribution in [-0.2, 0) is 19.1 Å². The van der Waals surface area contributed by atoms with Crippen LogP contribution in [0.2, 0.25) is 0 Å². The molecule has 0 aromatic heterocycles. The Hall–Kier alpha value is -1.65. The van der Waals surface area contributed by atoms with Crippen molar-refractivity contribution in [3.8, 4) is 0 Å². The first kappa shape index (κ1) is 16.4. The first-order valence-electron chi connectivity index (χ1n) is 7.07. The highest BCUT2D eigenvalue weighted by Crippen LogP contribution is 2.34. The molecule has 0 amide bonds. The Morgan fingerprint density at radius 3 is 2.20 bits per heavy atom. The molecule has 0 aromatic carbocycles. The molecule has 5 nitrogen and oxygen atoms in total. The second kappa shape index (κ2) is 7.22. The van der Waals surface area contributed by atoms with Gasteiger partial charge in [-0.2, -0.15) is 0 Å². The maximum absolute atomic E-state index is 12.1. The zero-order valence-corrected chi connectivity index (χ0v) is 12.9. The van der Waals surface area contributed by atoms with Crippen molar-refractivity contribution in [2.75, 3.05) is 13.2 Å². The number of rotatable bonds is 5. The van der Waals surface area contributed by atoms with Gasteiger partial charge in [-0.05, 0) is 34.1 Å². The van der Waals surface area contributed by atoms with Gasteiger partial charge in [-0.3, -0.25) is 9.79 Å². The lowest BCUT2D eigenvalue weighted by Crippen LogP contribution is -2.37. The smallest absolute Gasteiger partial charge is 0.336 e. The van der Waals surface area contributed by atoms with Gasteiger partial charge in [0.05, 0.1) is 18.8 Å². The van der Waals surface area contributed by atoms with Crippen LogP contribution in [0.4, 0.5) is 0 Å². The summed E-state index contributed by atoms with van der Waals surface area (Å²) in [5.74, 6) is -1.44. The Labute approximate surface area is 120 Å². The van der Waals surface area contributed by atoms with Crippen molar-refractivity contribution in [3.63, 3.8) is 0 Å². The Morgan fingerprint density at radius 2 is 1.70 bits per heavy atom. The fourth-order valence-electron chi connectivity index (χ4n) is 2.64. The van der Waals surface area contributed by atoms with Crippen LogP contribution in [0, 0.1) is 11.8 Å². The van der Waals surface area contributed by atoms with Crippen LogP contribution in [0.3, 0.4) is 0 Å². The normalized spacial score (nSPS) is 22.4. The maximum atomic E-state index is 12.1. The van der Waals surface area contributed by atoms with E-state index in [2.05, 4.69) is 4.99 Å². The molecule has 0 saturated heterocycles. The molecule has 112 valence electrons. The van der Waals surface area contributed by atoms with E-state index in [-0.39, 0.29) is 17.9 Å². The van der Waals surface area contributed by atoms with Crippen LogP contribution in [0.25, 0.3) is 0 Å². The van der Waals surface area contributed by atoms with Crippen LogP contribution in [-0.4, -0.2) is 30.9 Å². The van der Waals surface area contributed by atoms with Crippen LogP contribution in [0.15, 0.2) is 16.3 Å². The van der Waals surface area contributed by atoms with Crippen molar-refractivity contribution in [1.82, 2.24) is 0 Å². The largest absolute Gasteiger partial charge is 0.465 e. The predicted octanol–water partition coefficient (Wildman–Crippen LogP) is 2.50. The number of allylic oxidation sites excluding steroid dienone is 1. The fourth-order valence-corrected chi connectivity index (χ4v) is 2.64. The number of esters is 2. The molecule has 0 radical (unpaired) electrons. The molecule has 0 saturated carbocycles.